The minimum absolute atomic E-state index is 0.112. The fraction of sp³-hybridized carbons (Fsp3) is 0.364. The van der Waals surface area contributed by atoms with Crippen molar-refractivity contribution in [2.45, 2.75) is 26.2 Å². The SMILES string of the molecule is CC(C)(C)c1c(F)cc2scnc2c1F. The highest BCUT2D eigenvalue weighted by Crippen LogP contribution is 2.33. The molecule has 1 aromatic carbocycles. The van der Waals surface area contributed by atoms with Crippen LogP contribution in [0.3, 0.4) is 0 Å². The number of hydrogen-bond acceptors (Lipinski definition) is 2. The number of aromatic nitrogens is 1. The second-order valence-electron chi connectivity index (χ2n) is 4.50. The molecule has 0 saturated heterocycles. The van der Waals surface area contributed by atoms with Gasteiger partial charge >= 0.3 is 0 Å². The van der Waals surface area contributed by atoms with Gasteiger partial charge in [-0.05, 0) is 11.5 Å². The molecule has 80 valence electrons. The minimum atomic E-state index is -0.550. The van der Waals surface area contributed by atoms with Gasteiger partial charge in [0.15, 0.2) is 5.82 Å². The second-order valence-corrected chi connectivity index (χ2v) is 5.38. The van der Waals surface area contributed by atoms with Crippen LogP contribution in [0.1, 0.15) is 26.3 Å². The maximum Gasteiger partial charge on any atom is 0.156 e. The Kier molecular flexibility index (Phi) is 2.26. The Morgan fingerprint density at radius 1 is 1.27 bits per heavy atom. The molecular formula is C11H11F2NS. The average molecular weight is 227 g/mol. The molecule has 1 nitrogen and oxygen atoms in total. The van der Waals surface area contributed by atoms with Crippen LogP contribution in [0.15, 0.2) is 11.6 Å². The van der Waals surface area contributed by atoms with Crippen molar-refractivity contribution in [3.05, 3.63) is 28.8 Å². The third-order valence-corrected chi connectivity index (χ3v) is 3.04. The number of halogens is 2. The molecule has 0 fully saturated rings. The Labute approximate surface area is 90.8 Å². The van der Waals surface area contributed by atoms with E-state index in [0.29, 0.717) is 4.70 Å². The van der Waals surface area contributed by atoms with E-state index >= 15 is 0 Å². The van der Waals surface area contributed by atoms with Crippen LogP contribution in [-0.4, -0.2) is 4.98 Å². The van der Waals surface area contributed by atoms with E-state index in [-0.39, 0.29) is 11.1 Å². The van der Waals surface area contributed by atoms with Gasteiger partial charge in [-0.25, -0.2) is 13.8 Å². The molecule has 2 aromatic rings. The molecule has 4 heteroatoms. The molecule has 0 atom stereocenters. The van der Waals surface area contributed by atoms with E-state index < -0.39 is 17.0 Å². The lowest BCUT2D eigenvalue weighted by Crippen LogP contribution is -2.16. The summed E-state index contributed by atoms with van der Waals surface area (Å²) in [6.45, 7) is 5.35. The van der Waals surface area contributed by atoms with Crippen LogP contribution in [0.2, 0.25) is 0 Å². The summed E-state index contributed by atoms with van der Waals surface area (Å²) < 4.78 is 28.2. The van der Waals surface area contributed by atoms with Gasteiger partial charge in [0.1, 0.15) is 11.3 Å². The first kappa shape index (κ1) is 10.5. The van der Waals surface area contributed by atoms with Crippen LogP contribution in [0.25, 0.3) is 10.2 Å². The molecule has 0 N–H and O–H groups in total. The van der Waals surface area contributed by atoms with Crippen LogP contribution in [0.5, 0.6) is 0 Å². The van der Waals surface area contributed by atoms with E-state index in [1.54, 1.807) is 20.8 Å². The number of hydrogen-bond donors (Lipinski definition) is 0. The number of rotatable bonds is 0. The van der Waals surface area contributed by atoms with Crippen LogP contribution < -0.4 is 0 Å². The van der Waals surface area contributed by atoms with Crippen molar-refractivity contribution < 1.29 is 8.78 Å². The van der Waals surface area contributed by atoms with Gasteiger partial charge in [0.2, 0.25) is 0 Å². The summed E-state index contributed by atoms with van der Waals surface area (Å²) in [5.41, 5.74) is 1.36. The minimum Gasteiger partial charge on any atom is -0.242 e. The van der Waals surface area contributed by atoms with E-state index in [0.717, 1.165) is 0 Å². The normalized spacial score (nSPS) is 12.3. The lowest BCUT2D eigenvalue weighted by molar-refractivity contribution is 0.480. The van der Waals surface area contributed by atoms with E-state index in [4.69, 9.17) is 0 Å². The van der Waals surface area contributed by atoms with Gasteiger partial charge in [-0.3, -0.25) is 0 Å². The van der Waals surface area contributed by atoms with Gasteiger partial charge in [0.05, 0.1) is 10.2 Å². The van der Waals surface area contributed by atoms with Crippen molar-refractivity contribution in [2.75, 3.05) is 0 Å². The van der Waals surface area contributed by atoms with Gasteiger partial charge in [-0.1, -0.05) is 20.8 Å². The zero-order valence-corrected chi connectivity index (χ0v) is 9.58. The van der Waals surface area contributed by atoms with E-state index in [2.05, 4.69) is 4.98 Å². The lowest BCUT2D eigenvalue weighted by atomic mass is 9.86. The number of fused-ring (bicyclic) bond motifs is 1. The van der Waals surface area contributed by atoms with Gasteiger partial charge in [-0.15, -0.1) is 11.3 Å². The molecule has 0 spiro atoms. The maximum atomic E-state index is 14.0. The van der Waals surface area contributed by atoms with Crippen molar-refractivity contribution in [2.24, 2.45) is 0 Å². The summed E-state index contributed by atoms with van der Waals surface area (Å²) >= 11 is 1.24. The molecule has 0 radical (unpaired) electrons. The summed E-state index contributed by atoms with van der Waals surface area (Å²) in [6, 6.07) is 1.36. The molecule has 0 aliphatic carbocycles. The molecule has 0 unspecified atom stereocenters. The number of thiazole rings is 1. The van der Waals surface area contributed by atoms with Crippen LogP contribution in [0.4, 0.5) is 8.78 Å². The number of nitrogens with zero attached hydrogens (tertiary/aromatic N) is 1. The lowest BCUT2D eigenvalue weighted by Gasteiger charge is -2.20. The summed E-state index contributed by atoms with van der Waals surface area (Å²) in [5.74, 6) is -1.02. The largest absolute Gasteiger partial charge is 0.242 e. The zero-order valence-electron chi connectivity index (χ0n) is 8.77. The Hall–Kier alpha value is -1.03. The molecule has 0 amide bonds. The topological polar surface area (TPSA) is 12.9 Å². The second kappa shape index (κ2) is 3.23. The van der Waals surface area contributed by atoms with Crippen LogP contribution >= 0.6 is 11.3 Å². The molecule has 1 aromatic heterocycles. The fourth-order valence-corrected chi connectivity index (χ4v) is 2.32. The van der Waals surface area contributed by atoms with Crippen LogP contribution in [0, 0.1) is 11.6 Å². The molecule has 0 bridgehead atoms. The first-order valence-electron chi connectivity index (χ1n) is 4.63. The number of benzene rings is 1. The van der Waals surface area contributed by atoms with Gasteiger partial charge in [0.25, 0.3) is 0 Å². The molecule has 2 rings (SSSR count). The molecule has 0 aliphatic heterocycles. The predicted octanol–water partition coefficient (Wildman–Crippen LogP) is 3.87. The smallest absolute Gasteiger partial charge is 0.156 e. The van der Waals surface area contributed by atoms with Crippen molar-refractivity contribution in [3.8, 4) is 0 Å². The molecular weight excluding hydrogens is 216 g/mol. The van der Waals surface area contributed by atoms with E-state index in [9.17, 15) is 8.78 Å². The van der Waals surface area contributed by atoms with E-state index in [1.165, 1.54) is 22.9 Å². The highest BCUT2D eigenvalue weighted by Gasteiger charge is 2.25. The Balaban J connectivity index is 2.84. The average Bonchev–Trinajstić information content (AvgIpc) is 2.48. The van der Waals surface area contributed by atoms with Crippen molar-refractivity contribution in [1.29, 1.82) is 0 Å². The Morgan fingerprint density at radius 2 is 1.93 bits per heavy atom. The van der Waals surface area contributed by atoms with Crippen LogP contribution in [-0.2, 0) is 5.41 Å². The summed E-state index contributed by atoms with van der Waals surface area (Å²) in [6.07, 6.45) is 0. The molecule has 0 saturated carbocycles. The predicted molar refractivity (Wildman–Crippen MR) is 58.2 cm³/mol. The first-order valence-corrected chi connectivity index (χ1v) is 5.51. The van der Waals surface area contributed by atoms with Gasteiger partial charge in [0, 0.05) is 5.56 Å². The summed E-state index contributed by atoms with van der Waals surface area (Å²) in [4.78, 5) is 3.91. The molecule has 15 heavy (non-hydrogen) atoms. The highest BCUT2D eigenvalue weighted by atomic mass is 32.1. The standard InChI is InChI=1S/C11H11F2NS/c1-11(2,3)8-6(12)4-7-10(9(8)13)14-5-15-7/h4-5H,1-3H3. The highest BCUT2D eigenvalue weighted by molar-refractivity contribution is 7.16. The van der Waals surface area contributed by atoms with Gasteiger partial charge in [-0.2, -0.15) is 0 Å². The third-order valence-electron chi connectivity index (χ3n) is 2.27. The quantitative estimate of drug-likeness (QED) is 0.665. The summed E-state index contributed by atoms with van der Waals surface area (Å²) in [7, 11) is 0. The van der Waals surface area contributed by atoms with Crippen molar-refractivity contribution >= 4 is 21.6 Å². The summed E-state index contributed by atoms with van der Waals surface area (Å²) in [5, 5.41) is 0. The molecule has 0 aliphatic rings. The maximum absolute atomic E-state index is 14.0. The molecule has 1 heterocycles. The first-order chi connectivity index (χ1) is 6.91. The van der Waals surface area contributed by atoms with E-state index in [1.807, 2.05) is 0 Å². The third kappa shape index (κ3) is 1.63. The van der Waals surface area contributed by atoms with Gasteiger partial charge < -0.3 is 0 Å². The zero-order chi connectivity index (χ0) is 11.2. The monoisotopic (exact) mass is 227 g/mol. The Morgan fingerprint density at radius 3 is 2.53 bits per heavy atom. The Bertz CT molecular complexity index is 511. The fourth-order valence-electron chi connectivity index (χ4n) is 1.62. The van der Waals surface area contributed by atoms with Crippen molar-refractivity contribution in [3.63, 3.8) is 0 Å². The van der Waals surface area contributed by atoms with Crippen molar-refractivity contribution in [1.82, 2.24) is 4.98 Å².